The molecule has 0 heterocycles. The number of rotatable bonds is 8. The molecular weight excluding hydrogens is 270 g/mol. The highest BCUT2D eigenvalue weighted by Crippen LogP contribution is 2.24. The lowest BCUT2D eigenvalue weighted by atomic mass is 9.92. The van der Waals surface area contributed by atoms with Gasteiger partial charge in [0.25, 0.3) is 0 Å². The van der Waals surface area contributed by atoms with E-state index < -0.39 is 11.5 Å². The van der Waals surface area contributed by atoms with Crippen LogP contribution in [0.4, 0.5) is 0 Å². The van der Waals surface area contributed by atoms with E-state index in [2.05, 4.69) is 38.1 Å². The number of hydrogen-bond donors (Lipinski definition) is 2. The molecule has 1 unspecified atom stereocenters. The molecule has 0 radical (unpaired) electrons. The maximum atomic E-state index is 11.1. The largest absolute Gasteiger partial charge is 0.480 e. The Hall–Kier alpha value is -1.00. The summed E-state index contributed by atoms with van der Waals surface area (Å²) in [6, 6.07) is 8.58. The van der Waals surface area contributed by atoms with Gasteiger partial charge < -0.3 is 10.8 Å². The van der Waals surface area contributed by atoms with Crippen molar-refractivity contribution in [3.05, 3.63) is 29.8 Å². The standard InChI is InChI=1S/C16H25NO2S/c1-4-16(17,15(18)19)10-5-11-20-14-8-6-13(7-9-14)12(2)3/h6-9,12H,4-5,10-11,17H2,1-3H3,(H,18,19). The van der Waals surface area contributed by atoms with Gasteiger partial charge in [0.05, 0.1) is 0 Å². The second kappa shape index (κ2) is 7.70. The zero-order valence-electron chi connectivity index (χ0n) is 12.6. The quantitative estimate of drug-likeness (QED) is 0.564. The Morgan fingerprint density at radius 2 is 1.95 bits per heavy atom. The zero-order valence-corrected chi connectivity index (χ0v) is 13.4. The minimum atomic E-state index is -1.07. The highest BCUT2D eigenvalue weighted by atomic mass is 32.2. The van der Waals surface area contributed by atoms with Crippen LogP contribution in [-0.2, 0) is 4.79 Å². The maximum Gasteiger partial charge on any atom is 0.323 e. The molecule has 0 amide bonds. The molecule has 3 nitrogen and oxygen atoms in total. The fraction of sp³-hybridized carbons (Fsp3) is 0.562. The minimum Gasteiger partial charge on any atom is -0.480 e. The summed E-state index contributed by atoms with van der Waals surface area (Å²) in [7, 11) is 0. The van der Waals surface area contributed by atoms with Crippen LogP contribution >= 0.6 is 11.8 Å². The number of thioether (sulfide) groups is 1. The summed E-state index contributed by atoms with van der Waals surface area (Å²) in [5, 5.41) is 9.10. The van der Waals surface area contributed by atoms with E-state index in [0.717, 1.165) is 12.2 Å². The molecular formula is C16H25NO2S. The minimum absolute atomic E-state index is 0.468. The predicted octanol–water partition coefficient (Wildman–Crippen LogP) is 3.87. The van der Waals surface area contributed by atoms with Gasteiger partial charge in [0, 0.05) is 4.90 Å². The molecule has 3 N–H and O–H groups in total. The van der Waals surface area contributed by atoms with Crippen LogP contribution in [0.1, 0.15) is 51.5 Å². The highest BCUT2D eigenvalue weighted by Gasteiger charge is 2.30. The Bertz CT molecular complexity index is 431. The van der Waals surface area contributed by atoms with E-state index in [1.54, 1.807) is 11.8 Å². The van der Waals surface area contributed by atoms with Crippen molar-refractivity contribution in [3.63, 3.8) is 0 Å². The van der Waals surface area contributed by atoms with Gasteiger partial charge in [-0.15, -0.1) is 11.8 Å². The van der Waals surface area contributed by atoms with Crippen molar-refractivity contribution >= 4 is 17.7 Å². The first-order valence-corrected chi connectivity index (χ1v) is 8.12. The van der Waals surface area contributed by atoms with E-state index in [1.807, 2.05) is 6.92 Å². The van der Waals surface area contributed by atoms with Crippen LogP contribution in [0.25, 0.3) is 0 Å². The summed E-state index contributed by atoms with van der Waals surface area (Å²) in [4.78, 5) is 12.3. The lowest BCUT2D eigenvalue weighted by Crippen LogP contribution is -2.47. The van der Waals surface area contributed by atoms with Crippen molar-refractivity contribution in [2.75, 3.05) is 5.75 Å². The van der Waals surface area contributed by atoms with E-state index in [4.69, 9.17) is 10.8 Å². The van der Waals surface area contributed by atoms with Gasteiger partial charge in [0.15, 0.2) is 0 Å². The van der Waals surface area contributed by atoms with Gasteiger partial charge in [-0.1, -0.05) is 32.9 Å². The summed E-state index contributed by atoms with van der Waals surface area (Å²) < 4.78 is 0. The Kier molecular flexibility index (Phi) is 6.56. The SMILES string of the molecule is CCC(N)(CCCSc1ccc(C(C)C)cc1)C(=O)O. The van der Waals surface area contributed by atoms with Crippen LogP contribution < -0.4 is 5.73 Å². The van der Waals surface area contributed by atoms with Crippen LogP contribution in [0.5, 0.6) is 0 Å². The van der Waals surface area contributed by atoms with Crippen LogP contribution in [0, 0.1) is 0 Å². The summed E-state index contributed by atoms with van der Waals surface area (Å²) in [6.07, 6.45) is 1.80. The van der Waals surface area contributed by atoms with Crippen molar-refractivity contribution in [2.24, 2.45) is 5.73 Å². The molecule has 0 aromatic heterocycles. The van der Waals surface area contributed by atoms with Crippen molar-refractivity contribution in [3.8, 4) is 0 Å². The van der Waals surface area contributed by atoms with E-state index >= 15 is 0 Å². The number of benzene rings is 1. The first-order chi connectivity index (χ1) is 9.39. The summed E-state index contributed by atoms with van der Waals surface area (Å²) in [5.74, 6) is 0.547. The van der Waals surface area contributed by atoms with Crippen molar-refractivity contribution in [1.82, 2.24) is 0 Å². The molecule has 1 atom stereocenters. The lowest BCUT2D eigenvalue weighted by Gasteiger charge is -2.22. The zero-order chi connectivity index (χ0) is 15.2. The fourth-order valence-corrected chi connectivity index (χ4v) is 2.81. The van der Waals surface area contributed by atoms with Crippen molar-refractivity contribution < 1.29 is 9.90 Å². The van der Waals surface area contributed by atoms with Crippen LogP contribution in [0.2, 0.25) is 0 Å². The average molecular weight is 295 g/mol. The van der Waals surface area contributed by atoms with Gasteiger partial charge in [-0.2, -0.15) is 0 Å². The van der Waals surface area contributed by atoms with Crippen molar-refractivity contribution in [2.45, 2.75) is 56.4 Å². The third-order valence-electron chi connectivity index (χ3n) is 3.64. The molecule has 0 spiro atoms. The number of hydrogen-bond acceptors (Lipinski definition) is 3. The summed E-state index contributed by atoms with van der Waals surface area (Å²) >= 11 is 1.76. The molecule has 20 heavy (non-hydrogen) atoms. The van der Waals surface area contributed by atoms with Crippen LogP contribution in [0.15, 0.2) is 29.2 Å². The molecule has 0 aliphatic carbocycles. The van der Waals surface area contributed by atoms with E-state index in [9.17, 15) is 4.79 Å². The highest BCUT2D eigenvalue weighted by molar-refractivity contribution is 7.99. The monoisotopic (exact) mass is 295 g/mol. The lowest BCUT2D eigenvalue weighted by molar-refractivity contribution is -0.143. The van der Waals surface area contributed by atoms with Gasteiger partial charge in [-0.05, 0) is 48.6 Å². The summed E-state index contributed by atoms with van der Waals surface area (Å²) in [5.41, 5.74) is 6.14. The van der Waals surface area contributed by atoms with Gasteiger partial charge in [0.1, 0.15) is 5.54 Å². The Balaban J connectivity index is 2.39. The molecule has 0 fully saturated rings. The number of carboxylic acids is 1. The molecule has 112 valence electrons. The molecule has 1 aromatic rings. The molecule has 0 aliphatic rings. The first kappa shape index (κ1) is 17.1. The number of carbonyl (C=O) groups is 1. The number of aliphatic carboxylic acids is 1. The molecule has 4 heteroatoms. The van der Waals surface area contributed by atoms with E-state index in [1.165, 1.54) is 10.5 Å². The second-order valence-corrected chi connectivity index (χ2v) is 6.66. The second-order valence-electron chi connectivity index (χ2n) is 5.49. The van der Waals surface area contributed by atoms with E-state index in [0.29, 0.717) is 18.8 Å². The molecule has 0 bridgehead atoms. The normalized spacial score (nSPS) is 14.2. The maximum absolute atomic E-state index is 11.1. The third kappa shape index (κ3) is 4.84. The van der Waals surface area contributed by atoms with E-state index in [-0.39, 0.29) is 0 Å². The Morgan fingerprint density at radius 1 is 1.35 bits per heavy atom. The van der Waals surface area contributed by atoms with Crippen molar-refractivity contribution in [1.29, 1.82) is 0 Å². The van der Waals surface area contributed by atoms with Crippen LogP contribution in [-0.4, -0.2) is 22.4 Å². The topological polar surface area (TPSA) is 63.3 Å². The van der Waals surface area contributed by atoms with Gasteiger partial charge in [-0.25, -0.2) is 0 Å². The smallest absolute Gasteiger partial charge is 0.323 e. The molecule has 0 saturated carbocycles. The average Bonchev–Trinajstić information content (AvgIpc) is 2.43. The van der Waals surface area contributed by atoms with Gasteiger partial charge >= 0.3 is 5.97 Å². The Labute approximate surface area is 125 Å². The first-order valence-electron chi connectivity index (χ1n) is 7.14. The Morgan fingerprint density at radius 3 is 2.40 bits per heavy atom. The molecule has 0 saturated heterocycles. The van der Waals surface area contributed by atoms with Gasteiger partial charge in [-0.3, -0.25) is 4.79 Å². The molecule has 1 rings (SSSR count). The predicted molar refractivity (Wildman–Crippen MR) is 85.3 cm³/mol. The number of nitrogens with two attached hydrogens (primary N) is 1. The molecule has 1 aromatic carbocycles. The number of carboxylic acid groups (broad SMARTS) is 1. The fourth-order valence-electron chi connectivity index (χ4n) is 1.96. The molecule has 0 aliphatic heterocycles. The van der Waals surface area contributed by atoms with Crippen LogP contribution in [0.3, 0.4) is 0 Å². The third-order valence-corrected chi connectivity index (χ3v) is 4.74. The van der Waals surface area contributed by atoms with Gasteiger partial charge in [0.2, 0.25) is 0 Å². The summed E-state index contributed by atoms with van der Waals surface area (Å²) in [6.45, 7) is 6.19.